The molecule has 28 heavy (non-hydrogen) atoms. The average molecular weight is 450 g/mol. The minimum atomic E-state index is -3.06. The summed E-state index contributed by atoms with van der Waals surface area (Å²) in [5.74, 6) is 0. The van der Waals surface area contributed by atoms with E-state index in [-0.39, 0.29) is 17.0 Å². The molecule has 4 rings (SSSR count). The zero-order valence-electron chi connectivity index (χ0n) is 15.7. The van der Waals surface area contributed by atoms with E-state index in [1.54, 1.807) is 0 Å². The number of nitrogens with two attached hydrogens (primary N) is 1. The van der Waals surface area contributed by atoms with Crippen LogP contribution in [0.4, 0.5) is 0 Å². The number of hydrogen-bond donors (Lipinski definition) is 1. The molecule has 0 aliphatic heterocycles. The van der Waals surface area contributed by atoms with Gasteiger partial charge in [-0.05, 0) is 0 Å². The molecule has 0 saturated carbocycles. The first kappa shape index (κ1) is 20.5. The molecule has 0 aliphatic carbocycles. The van der Waals surface area contributed by atoms with E-state index in [1.807, 2.05) is 0 Å². The van der Waals surface area contributed by atoms with Crippen molar-refractivity contribution in [2.24, 2.45) is 5.73 Å². The van der Waals surface area contributed by atoms with Crippen LogP contribution >= 0.6 is 23.6 Å². The van der Waals surface area contributed by atoms with Crippen molar-refractivity contribution in [2.75, 3.05) is 6.29 Å². The van der Waals surface area contributed by atoms with E-state index in [0.717, 1.165) is 0 Å². The van der Waals surface area contributed by atoms with Crippen LogP contribution in [-0.2, 0) is 0 Å². The maximum atomic E-state index is 6.83. The molecule has 1 nitrogen and oxygen atoms in total. The number of hydrogen-bond acceptors (Lipinski definition) is 1. The summed E-state index contributed by atoms with van der Waals surface area (Å²) in [5, 5.41) is 5.20. The molecule has 3 heteroatoms. The van der Waals surface area contributed by atoms with E-state index in [4.69, 9.17) is 5.73 Å². The van der Waals surface area contributed by atoms with E-state index in [2.05, 4.69) is 121 Å². The first-order valence-corrected chi connectivity index (χ1v) is 11.7. The molecule has 0 spiro atoms. The van der Waals surface area contributed by atoms with Crippen molar-refractivity contribution in [1.82, 2.24) is 0 Å². The summed E-state index contributed by atoms with van der Waals surface area (Å²) in [5.41, 5.74) is 6.83. The topological polar surface area (TPSA) is 26.0 Å². The molecular formula is C25H25BrNP. The fourth-order valence-corrected chi connectivity index (χ4v) is 10.3. The molecule has 0 aliphatic rings. The fraction of sp³-hybridized carbons (Fsp3) is 0.0400. The molecule has 4 aromatic carbocycles. The normalized spacial score (nSPS) is 12.4. The number of halogens is 1. The number of rotatable bonds is 5. The molecule has 0 aromatic heterocycles. The van der Waals surface area contributed by atoms with Gasteiger partial charge in [-0.25, -0.2) is 0 Å². The zero-order valence-corrected chi connectivity index (χ0v) is 18.3. The van der Waals surface area contributed by atoms with Gasteiger partial charge in [-0.2, -0.15) is 0 Å². The fourth-order valence-electron chi connectivity index (χ4n) is 4.34. The summed E-state index contributed by atoms with van der Waals surface area (Å²) in [7, 11) is 0. The van der Waals surface area contributed by atoms with Crippen molar-refractivity contribution >= 4 is 44.8 Å². The molecule has 0 radical (unpaired) electrons. The van der Waals surface area contributed by atoms with Gasteiger partial charge in [0, 0.05) is 0 Å². The molecule has 0 saturated heterocycles. The van der Waals surface area contributed by atoms with Crippen LogP contribution in [0.15, 0.2) is 121 Å². The van der Waals surface area contributed by atoms with Gasteiger partial charge < -0.3 is 0 Å². The summed E-state index contributed by atoms with van der Waals surface area (Å²) < 4.78 is 0. The molecule has 0 fully saturated rings. The third kappa shape index (κ3) is 2.84. The summed E-state index contributed by atoms with van der Waals surface area (Å²) >= 11 is 0. The predicted molar refractivity (Wildman–Crippen MR) is 131 cm³/mol. The Kier molecular flexibility index (Phi) is 6.15. The molecule has 0 amide bonds. The second kappa shape index (κ2) is 8.41. The molecule has 0 heterocycles. The van der Waals surface area contributed by atoms with Gasteiger partial charge in [0.05, 0.1) is 0 Å². The van der Waals surface area contributed by atoms with Crippen molar-refractivity contribution in [3.63, 3.8) is 0 Å². The van der Waals surface area contributed by atoms with Gasteiger partial charge in [0.1, 0.15) is 0 Å². The van der Waals surface area contributed by atoms with Gasteiger partial charge in [-0.15, -0.1) is 17.0 Å². The summed E-state index contributed by atoms with van der Waals surface area (Å²) in [6.07, 6.45) is 0.549. The zero-order chi connectivity index (χ0) is 18.6. The third-order valence-corrected chi connectivity index (χ3v) is 12.2. The Balaban J connectivity index is 0.00000225. The van der Waals surface area contributed by atoms with E-state index in [0.29, 0.717) is 6.29 Å². The Morgan fingerprint density at radius 3 is 0.821 bits per heavy atom. The molecule has 4 aromatic rings. The van der Waals surface area contributed by atoms with Gasteiger partial charge in [0.2, 0.25) is 0 Å². The first-order valence-electron chi connectivity index (χ1n) is 9.26. The van der Waals surface area contributed by atoms with Gasteiger partial charge in [-0.3, -0.25) is 0 Å². The van der Waals surface area contributed by atoms with Gasteiger partial charge in [0.15, 0.2) is 0 Å². The second-order valence-corrected chi connectivity index (χ2v) is 11.9. The molecule has 0 atom stereocenters. The van der Waals surface area contributed by atoms with Crippen molar-refractivity contribution in [3.8, 4) is 0 Å². The van der Waals surface area contributed by atoms with Crippen LogP contribution < -0.4 is 27.0 Å². The van der Waals surface area contributed by atoms with Crippen molar-refractivity contribution in [3.05, 3.63) is 121 Å². The standard InChI is InChI=1S/C25H24NP.BrH/c26-21-27(22-13-5-1-6-14-22,23-15-7-2-8-16-23,24-17-9-3-10-18-24)25-19-11-4-12-20-25;/h1-20H,21,26H2;1H. The average Bonchev–Trinajstić information content (AvgIpc) is 2.78. The third-order valence-electron chi connectivity index (χ3n) is 5.67. The van der Waals surface area contributed by atoms with Crippen molar-refractivity contribution < 1.29 is 0 Å². The molecule has 0 bridgehead atoms. The van der Waals surface area contributed by atoms with E-state index < -0.39 is 6.60 Å². The molecule has 2 N–H and O–H groups in total. The molecule has 0 unspecified atom stereocenters. The van der Waals surface area contributed by atoms with Crippen LogP contribution in [0, 0.1) is 0 Å². The van der Waals surface area contributed by atoms with Crippen molar-refractivity contribution in [1.29, 1.82) is 0 Å². The monoisotopic (exact) mass is 449 g/mol. The Labute approximate surface area is 177 Å². The Morgan fingerprint density at radius 2 is 0.643 bits per heavy atom. The van der Waals surface area contributed by atoms with E-state index >= 15 is 0 Å². The van der Waals surface area contributed by atoms with Crippen LogP contribution in [0.3, 0.4) is 0 Å². The van der Waals surface area contributed by atoms with Crippen LogP contribution in [0.25, 0.3) is 0 Å². The summed E-state index contributed by atoms with van der Waals surface area (Å²) in [4.78, 5) is 0. The van der Waals surface area contributed by atoms with Crippen LogP contribution in [0.5, 0.6) is 0 Å². The Bertz CT molecular complexity index is 836. The molecule has 142 valence electrons. The maximum absolute atomic E-state index is 6.83. The Morgan fingerprint density at radius 1 is 0.429 bits per heavy atom. The van der Waals surface area contributed by atoms with Gasteiger partial charge >= 0.3 is 161 Å². The van der Waals surface area contributed by atoms with Crippen molar-refractivity contribution in [2.45, 2.75) is 0 Å². The van der Waals surface area contributed by atoms with E-state index in [9.17, 15) is 0 Å². The molecular weight excluding hydrogens is 425 g/mol. The van der Waals surface area contributed by atoms with Crippen LogP contribution in [0.2, 0.25) is 0 Å². The van der Waals surface area contributed by atoms with Gasteiger partial charge in [0.25, 0.3) is 0 Å². The summed E-state index contributed by atoms with van der Waals surface area (Å²) in [6, 6.07) is 43.3. The van der Waals surface area contributed by atoms with Crippen LogP contribution in [0.1, 0.15) is 0 Å². The number of benzene rings is 4. The quantitative estimate of drug-likeness (QED) is 0.450. The Hall–Kier alpha value is -2.25. The van der Waals surface area contributed by atoms with Gasteiger partial charge in [-0.1, -0.05) is 0 Å². The first-order chi connectivity index (χ1) is 13.3. The van der Waals surface area contributed by atoms with Crippen LogP contribution in [-0.4, -0.2) is 6.29 Å². The summed E-state index contributed by atoms with van der Waals surface area (Å²) in [6.45, 7) is -3.06. The minimum absolute atomic E-state index is 0. The SMILES string of the molecule is Br.NCP(c1ccccc1)(c1ccccc1)(c1ccccc1)c1ccccc1. The predicted octanol–water partition coefficient (Wildman–Crippen LogP) is 4.34. The second-order valence-electron chi connectivity index (χ2n) is 6.83. The van der Waals surface area contributed by atoms with E-state index in [1.165, 1.54) is 21.2 Å².